The number of amides is 1. The van der Waals surface area contributed by atoms with Crippen molar-refractivity contribution in [3.8, 4) is 22.1 Å². The van der Waals surface area contributed by atoms with Crippen LogP contribution in [0.25, 0.3) is 20.8 Å². The Morgan fingerprint density at radius 1 is 1.07 bits per heavy atom. The van der Waals surface area contributed by atoms with E-state index in [1.54, 1.807) is 30.9 Å². The maximum Gasteiger partial charge on any atom is 0.271 e. The van der Waals surface area contributed by atoms with E-state index in [1.165, 1.54) is 11.3 Å². The smallest absolute Gasteiger partial charge is 0.271 e. The Hall–Kier alpha value is -2.97. The highest BCUT2D eigenvalue weighted by Crippen LogP contribution is 2.33. The summed E-state index contributed by atoms with van der Waals surface area (Å²) in [5.41, 5.74) is 2.20. The van der Waals surface area contributed by atoms with Crippen LogP contribution in [-0.2, 0) is 6.54 Å². The summed E-state index contributed by atoms with van der Waals surface area (Å²) in [4.78, 5) is 21.5. The fourth-order valence-electron chi connectivity index (χ4n) is 2.72. The van der Waals surface area contributed by atoms with Crippen LogP contribution in [0.4, 0.5) is 0 Å². The lowest BCUT2D eigenvalue weighted by Gasteiger charge is -2.08. The first kappa shape index (κ1) is 18.4. The van der Waals surface area contributed by atoms with Crippen molar-refractivity contribution in [1.29, 1.82) is 0 Å². The number of nitrogens with zero attached hydrogens (tertiary/aromatic N) is 2. The van der Waals surface area contributed by atoms with Crippen LogP contribution in [0.15, 0.2) is 47.8 Å². The second-order valence-electron chi connectivity index (χ2n) is 5.87. The Kier molecular flexibility index (Phi) is 5.23. The molecule has 8 heteroatoms. The standard InChI is InChI=1S/C20H17N3O3S2/c1-25-15-8-7-12(9-16(15)26-2)20-23-14(11-27-20)19(24)21-10-18-22-13-5-3-4-6-17(13)28-18/h3-9,11H,10H2,1-2H3,(H,21,24). The summed E-state index contributed by atoms with van der Waals surface area (Å²) >= 11 is 2.98. The molecule has 0 spiro atoms. The topological polar surface area (TPSA) is 73.3 Å². The molecule has 4 rings (SSSR count). The molecule has 0 fully saturated rings. The molecule has 0 aliphatic heterocycles. The monoisotopic (exact) mass is 411 g/mol. The number of hydrogen-bond donors (Lipinski definition) is 1. The molecule has 1 amide bonds. The van der Waals surface area contributed by atoms with Gasteiger partial charge in [-0.25, -0.2) is 9.97 Å². The number of rotatable bonds is 6. The second-order valence-corrected chi connectivity index (χ2v) is 7.84. The second kappa shape index (κ2) is 7.95. The molecule has 0 radical (unpaired) electrons. The van der Waals surface area contributed by atoms with E-state index in [9.17, 15) is 4.79 Å². The van der Waals surface area contributed by atoms with Gasteiger partial charge in [-0.05, 0) is 30.3 Å². The van der Waals surface area contributed by atoms with Crippen LogP contribution in [-0.4, -0.2) is 30.1 Å². The van der Waals surface area contributed by atoms with Gasteiger partial charge in [-0.2, -0.15) is 0 Å². The predicted molar refractivity (Wildman–Crippen MR) is 111 cm³/mol. The normalized spacial score (nSPS) is 10.8. The Morgan fingerprint density at radius 2 is 1.89 bits per heavy atom. The number of hydrogen-bond acceptors (Lipinski definition) is 7. The first-order valence-electron chi connectivity index (χ1n) is 8.48. The summed E-state index contributed by atoms with van der Waals surface area (Å²) in [6.45, 7) is 0.376. The fourth-order valence-corrected chi connectivity index (χ4v) is 4.43. The maximum absolute atomic E-state index is 12.5. The third-order valence-electron chi connectivity index (χ3n) is 4.11. The lowest BCUT2D eigenvalue weighted by atomic mass is 10.2. The Balaban J connectivity index is 1.47. The lowest BCUT2D eigenvalue weighted by Crippen LogP contribution is -2.22. The number of carbonyl (C=O) groups excluding carboxylic acids is 1. The lowest BCUT2D eigenvalue weighted by molar-refractivity contribution is 0.0946. The first-order chi connectivity index (χ1) is 13.7. The van der Waals surface area contributed by atoms with Crippen molar-refractivity contribution in [3.05, 3.63) is 58.5 Å². The van der Waals surface area contributed by atoms with Crippen molar-refractivity contribution in [2.24, 2.45) is 0 Å². The Morgan fingerprint density at radius 3 is 2.68 bits per heavy atom. The van der Waals surface area contributed by atoms with Gasteiger partial charge in [0.25, 0.3) is 5.91 Å². The van der Waals surface area contributed by atoms with E-state index in [0.717, 1.165) is 25.8 Å². The Labute approximate surface area is 169 Å². The van der Waals surface area contributed by atoms with Crippen molar-refractivity contribution >= 4 is 38.8 Å². The molecule has 28 heavy (non-hydrogen) atoms. The quantitative estimate of drug-likeness (QED) is 0.510. The van der Waals surface area contributed by atoms with Gasteiger partial charge < -0.3 is 14.8 Å². The number of aromatic nitrogens is 2. The number of fused-ring (bicyclic) bond motifs is 1. The van der Waals surface area contributed by atoms with Gasteiger partial charge in [0.15, 0.2) is 11.5 Å². The first-order valence-corrected chi connectivity index (χ1v) is 10.2. The molecule has 4 aromatic rings. The minimum Gasteiger partial charge on any atom is -0.493 e. The zero-order valence-corrected chi connectivity index (χ0v) is 16.9. The van der Waals surface area contributed by atoms with E-state index in [1.807, 2.05) is 42.5 Å². The molecule has 6 nitrogen and oxygen atoms in total. The fraction of sp³-hybridized carbons (Fsp3) is 0.150. The SMILES string of the molecule is COc1ccc(-c2nc(C(=O)NCc3nc4ccccc4s3)cs2)cc1OC. The van der Waals surface area contributed by atoms with Crippen LogP contribution in [0, 0.1) is 0 Å². The van der Waals surface area contributed by atoms with E-state index >= 15 is 0 Å². The molecule has 142 valence electrons. The molecule has 0 saturated heterocycles. The summed E-state index contributed by atoms with van der Waals surface area (Å²) in [6, 6.07) is 13.5. The molecule has 0 saturated carbocycles. The summed E-state index contributed by atoms with van der Waals surface area (Å²) in [7, 11) is 3.18. The van der Waals surface area contributed by atoms with E-state index in [4.69, 9.17) is 9.47 Å². The summed E-state index contributed by atoms with van der Waals surface area (Å²) in [5.74, 6) is 1.05. The highest BCUT2D eigenvalue weighted by molar-refractivity contribution is 7.18. The van der Waals surface area contributed by atoms with Crippen LogP contribution in [0.2, 0.25) is 0 Å². The molecule has 1 N–H and O–H groups in total. The number of benzene rings is 2. The van der Waals surface area contributed by atoms with Crippen molar-refractivity contribution < 1.29 is 14.3 Å². The number of ether oxygens (including phenoxy) is 2. The zero-order valence-electron chi connectivity index (χ0n) is 15.3. The number of nitrogens with one attached hydrogen (secondary N) is 1. The van der Waals surface area contributed by atoms with Gasteiger partial charge in [0, 0.05) is 10.9 Å². The zero-order chi connectivity index (χ0) is 19.5. The molecule has 0 unspecified atom stereocenters. The van der Waals surface area contributed by atoms with Gasteiger partial charge in [0.1, 0.15) is 15.7 Å². The number of methoxy groups -OCH3 is 2. The average Bonchev–Trinajstić information content (AvgIpc) is 3.38. The van der Waals surface area contributed by atoms with Crippen molar-refractivity contribution in [3.63, 3.8) is 0 Å². The van der Waals surface area contributed by atoms with E-state index in [-0.39, 0.29) is 5.91 Å². The number of thiazole rings is 2. The van der Waals surface area contributed by atoms with Gasteiger partial charge in [0.05, 0.1) is 31.0 Å². The molecule has 0 aliphatic rings. The van der Waals surface area contributed by atoms with Crippen LogP contribution < -0.4 is 14.8 Å². The molecular formula is C20H17N3O3S2. The van der Waals surface area contributed by atoms with Crippen LogP contribution in [0.1, 0.15) is 15.5 Å². The third kappa shape index (κ3) is 3.69. The number of carbonyl (C=O) groups is 1. The van der Waals surface area contributed by atoms with Crippen LogP contribution in [0.5, 0.6) is 11.5 Å². The molecule has 2 aromatic carbocycles. The Bertz CT molecular complexity index is 1100. The molecule has 0 bridgehead atoms. The molecular weight excluding hydrogens is 394 g/mol. The van der Waals surface area contributed by atoms with E-state index in [2.05, 4.69) is 15.3 Å². The minimum atomic E-state index is -0.220. The van der Waals surface area contributed by atoms with E-state index in [0.29, 0.717) is 23.7 Å². The molecule has 0 atom stereocenters. The average molecular weight is 412 g/mol. The molecule has 2 aromatic heterocycles. The van der Waals surface area contributed by atoms with E-state index < -0.39 is 0 Å². The highest BCUT2D eigenvalue weighted by Gasteiger charge is 2.14. The van der Waals surface area contributed by atoms with Gasteiger partial charge in [-0.1, -0.05) is 12.1 Å². The predicted octanol–water partition coefficient (Wildman–Crippen LogP) is 4.37. The van der Waals surface area contributed by atoms with Crippen molar-refractivity contribution in [2.75, 3.05) is 14.2 Å². The summed E-state index contributed by atoms with van der Waals surface area (Å²) < 4.78 is 11.7. The summed E-state index contributed by atoms with van der Waals surface area (Å²) in [5, 5.41) is 6.25. The van der Waals surface area contributed by atoms with Crippen molar-refractivity contribution in [2.45, 2.75) is 6.54 Å². The largest absolute Gasteiger partial charge is 0.493 e. The van der Waals surface area contributed by atoms with Gasteiger partial charge in [-0.15, -0.1) is 22.7 Å². The van der Waals surface area contributed by atoms with Gasteiger partial charge in [0.2, 0.25) is 0 Å². The van der Waals surface area contributed by atoms with Gasteiger partial charge >= 0.3 is 0 Å². The summed E-state index contributed by atoms with van der Waals surface area (Å²) in [6.07, 6.45) is 0. The maximum atomic E-state index is 12.5. The number of para-hydroxylation sites is 1. The molecule has 0 aliphatic carbocycles. The minimum absolute atomic E-state index is 0.220. The highest BCUT2D eigenvalue weighted by atomic mass is 32.1. The third-order valence-corrected chi connectivity index (χ3v) is 6.03. The molecule has 2 heterocycles. The van der Waals surface area contributed by atoms with Crippen LogP contribution in [0.3, 0.4) is 0 Å². The van der Waals surface area contributed by atoms with Crippen molar-refractivity contribution in [1.82, 2.24) is 15.3 Å². The van der Waals surface area contributed by atoms with Crippen LogP contribution >= 0.6 is 22.7 Å². The van der Waals surface area contributed by atoms with Gasteiger partial charge in [-0.3, -0.25) is 4.79 Å².